The van der Waals surface area contributed by atoms with E-state index in [1.807, 2.05) is 36.6 Å². The predicted molar refractivity (Wildman–Crippen MR) is 136 cm³/mol. The van der Waals surface area contributed by atoms with E-state index in [1.54, 1.807) is 42.6 Å². The zero-order chi connectivity index (χ0) is 25.4. The molecule has 0 aliphatic carbocycles. The number of amides is 2. The molecule has 1 atom stereocenters. The summed E-state index contributed by atoms with van der Waals surface area (Å²) in [6, 6.07) is 11.9. The molecule has 0 saturated carbocycles. The van der Waals surface area contributed by atoms with Crippen LogP contribution in [0.2, 0.25) is 0 Å². The van der Waals surface area contributed by atoms with Gasteiger partial charge in [0.1, 0.15) is 18.5 Å². The van der Waals surface area contributed by atoms with E-state index in [1.165, 1.54) is 7.11 Å². The van der Waals surface area contributed by atoms with E-state index in [9.17, 15) is 14.4 Å². The number of anilines is 1. The SMILES string of the molecule is COCc1nc2cc(NC(=O)Cc3ccccc3)cc(C(=O)N[C@@H](CCSC)C(=O)OC)c2n1C. The van der Waals surface area contributed by atoms with Gasteiger partial charge < -0.3 is 24.7 Å². The molecule has 0 spiro atoms. The van der Waals surface area contributed by atoms with E-state index in [0.717, 1.165) is 5.56 Å². The lowest BCUT2D eigenvalue weighted by atomic mass is 10.1. The molecule has 0 radical (unpaired) electrons. The molecule has 0 unspecified atom stereocenters. The Balaban J connectivity index is 1.96. The quantitative estimate of drug-likeness (QED) is 0.391. The number of hydrogen-bond donors (Lipinski definition) is 2. The Bertz CT molecular complexity index is 1200. The Morgan fingerprint density at radius 1 is 1.14 bits per heavy atom. The van der Waals surface area contributed by atoms with E-state index in [0.29, 0.717) is 34.7 Å². The maximum atomic E-state index is 13.4. The van der Waals surface area contributed by atoms with Crippen LogP contribution in [0.5, 0.6) is 0 Å². The molecule has 2 N–H and O–H groups in total. The summed E-state index contributed by atoms with van der Waals surface area (Å²) in [5, 5.41) is 5.65. The Labute approximate surface area is 208 Å². The molecule has 35 heavy (non-hydrogen) atoms. The van der Waals surface area contributed by atoms with Crippen LogP contribution in [0.25, 0.3) is 11.0 Å². The van der Waals surface area contributed by atoms with Gasteiger partial charge in [-0.1, -0.05) is 30.3 Å². The Hall–Kier alpha value is -3.37. The predicted octanol–water partition coefficient (Wildman–Crippen LogP) is 2.93. The van der Waals surface area contributed by atoms with Crippen molar-refractivity contribution in [2.75, 3.05) is 31.5 Å². The van der Waals surface area contributed by atoms with Crippen molar-refractivity contribution in [3.05, 3.63) is 59.4 Å². The first-order valence-electron chi connectivity index (χ1n) is 11.1. The minimum atomic E-state index is -0.794. The Morgan fingerprint density at radius 3 is 2.54 bits per heavy atom. The van der Waals surface area contributed by atoms with Gasteiger partial charge in [-0.15, -0.1) is 0 Å². The molecule has 3 aromatic rings. The van der Waals surface area contributed by atoms with Crippen LogP contribution >= 0.6 is 11.8 Å². The average molecular weight is 499 g/mol. The van der Waals surface area contributed by atoms with Crippen LogP contribution in [-0.2, 0) is 39.1 Å². The number of benzene rings is 2. The normalized spacial score (nSPS) is 11.8. The third-order valence-corrected chi connectivity index (χ3v) is 6.12. The standard InChI is InChI=1S/C25H30N4O5S/c1-29-21(15-33-2)27-20-14-17(26-22(30)12-16-8-6-5-7-9-16)13-18(23(20)29)24(31)28-19(10-11-35-4)25(32)34-3/h5-9,13-14,19H,10-12,15H2,1-4H3,(H,26,30)(H,28,31)/t19-/m0/s1. The number of rotatable bonds is 11. The highest BCUT2D eigenvalue weighted by molar-refractivity contribution is 7.98. The van der Waals surface area contributed by atoms with E-state index >= 15 is 0 Å². The molecule has 0 aliphatic rings. The lowest BCUT2D eigenvalue weighted by Crippen LogP contribution is -2.42. The molecule has 10 heteroatoms. The summed E-state index contributed by atoms with van der Waals surface area (Å²) >= 11 is 1.57. The van der Waals surface area contributed by atoms with E-state index in [4.69, 9.17) is 9.47 Å². The molecule has 0 aliphatic heterocycles. The lowest BCUT2D eigenvalue weighted by Gasteiger charge is -2.17. The first kappa shape index (κ1) is 26.2. The van der Waals surface area contributed by atoms with Crippen molar-refractivity contribution in [1.82, 2.24) is 14.9 Å². The number of aryl methyl sites for hydroxylation is 1. The largest absolute Gasteiger partial charge is 0.467 e. The number of methoxy groups -OCH3 is 2. The number of thioether (sulfide) groups is 1. The molecule has 0 bridgehead atoms. The maximum Gasteiger partial charge on any atom is 0.328 e. The van der Waals surface area contributed by atoms with Crippen molar-refractivity contribution < 1.29 is 23.9 Å². The third-order valence-electron chi connectivity index (χ3n) is 5.47. The number of fused-ring (bicyclic) bond motifs is 1. The molecule has 0 fully saturated rings. The fourth-order valence-electron chi connectivity index (χ4n) is 3.75. The lowest BCUT2D eigenvalue weighted by molar-refractivity contribution is -0.142. The van der Waals surface area contributed by atoms with Crippen LogP contribution < -0.4 is 10.6 Å². The summed E-state index contributed by atoms with van der Waals surface area (Å²) < 4.78 is 11.9. The van der Waals surface area contributed by atoms with Crippen LogP contribution in [-0.4, -0.2) is 59.6 Å². The van der Waals surface area contributed by atoms with Crippen LogP contribution in [0, 0.1) is 0 Å². The molecule has 186 valence electrons. The second kappa shape index (κ2) is 12.4. The van der Waals surface area contributed by atoms with Crippen molar-refractivity contribution >= 4 is 46.3 Å². The highest BCUT2D eigenvalue weighted by Gasteiger charge is 2.25. The number of esters is 1. The van der Waals surface area contributed by atoms with Gasteiger partial charge in [-0.05, 0) is 36.1 Å². The summed E-state index contributed by atoms with van der Waals surface area (Å²) in [5.74, 6) is 0.103. The zero-order valence-corrected chi connectivity index (χ0v) is 21.1. The zero-order valence-electron chi connectivity index (χ0n) is 20.3. The minimum absolute atomic E-state index is 0.191. The molecule has 1 aromatic heterocycles. The Morgan fingerprint density at radius 2 is 1.89 bits per heavy atom. The third kappa shape index (κ3) is 6.61. The smallest absolute Gasteiger partial charge is 0.328 e. The van der Waals surface area contributed by atoms with E-state index < -0.39 is 17.9 Å². The fourth-order valence-corrected chi connectivity index (χ4v) is 4.22. The molecule has 2 aromatic carbocycles. The number of ether oxygens (including phenoxy) is 2. The van der Waals surface area contributed by atoms with Crippen LogP contribution in [0.15, 0.2) is 42.5 Å². The summed E-state index contributed by atoms with van der Waals surface area (Å²) in [7, 11) is 4.65. The van der Waals surface area contributed by atoms with E-state index in [2.05, 4.69) is 15.6 Å². The van der Waals surface area contributed by atoms with Crippen LogP contribution in [0.4, 0.5) is 5.69 Å². The molecule has 2 amide bonds. The van der Waals surface area contributed by atoms with Gasteiger partial charge in [-0.2, -0.15) is 11.8 Å². The fraction of sp³-hybridized carbons (Fsp3) is 0.360. The molecular formula is C25H30N4O5S. The summed E-state index contributed by atoms with van der Waals surface area (Å²) in [6.45, 7) is 0.250. The van der Waals surface area contributed by atoms with Gasteiger partial charge in [-0.25, -0.2) is 9.78 Å². The van der Waals surface area contributed by atoms with Gasteiger partial charge in [-0.3, -0.25) is 9.59 Å². The summed E-state index contributed by atoms with van der Waals surface area (Å²) in [6.07, 6.45) is 2.54. The van der Waals surface area contributed by atoms with Gasteiger partial charge >= 0.3 is 5.97 Å². The number of hydrogen-bond acceptors (Lipinski definition) is 7. The maximum absolute atomic E-state index is 13.4. The molecule has 3 rings (SSSR count). The first-order chi connectivity index (χ1) is 16.9. The van der Waals surface area contributed by atoms with Gasteiger partial charge in [0, 0.05) is 19.8 Å². The van der Waals surface area contributed by atoms with Crippen molar-refractivity contribution in [1.29, 1.82) is 0 Å². The number of imidazole rings is 1. The van der Waals surface area contributed by atoms with Crippen LogP contribution in [0.1, 0.15) is 28.2 Å². The molecule has 9 nitrogen and oxygen atoms in total. The molecule has 0 saturated heterocycles. The van der Waals surface area contributed by atoms with Gasteiger partial charge in [0.05, 0.1) is 30.1 Å². The highest BCUT2D eigenvalue weighted by atomic mass is 32.2. The second-order valence-electron chi connectivity index (χ2n) is 7.95. The Kier molecular flexibility index (Phi) is 9.27. The monoisotopic (exact) mass is 498 g/mol. The number of carbonyl (C=O) groups excluding carboxylic acids is 3. The molecular weight excluding hydrogens is 468 g/mol. The number of nitrogens with zero attached hydrogens (tertiary/aromatic N) is 2. The highest BCUT2D eigenvalue weighted by Crippen LogP contribution is 2.26. The van der Waals surface area contributed by atoms with Crippen molar-refractivity contribution in [2.24, 2.45) is 7.05 Å². The first-order valence-corrected chi connectivity index (χ1v) is 12.5. The number of carbonyl (C=O) groups is 3. The molecule has 1 heterocycles. The van der Waals surface area contributed by atoms with Crippen molar-refractivity contribution in [3.63, 3.8) is 0 Å². The van der Waals surface area contributed by atoms with Crippen molar-refractivity contribution in [2.45, 2.75) is 25.5 Å². The van der Waals surface area contributed by atoms with Gasteiger partial charge in [0.25, 0.3) is 5.91 Å². The minimum Gasteiger partial charge on any atom is -0.467 e. The second-order valence-corrected chi connectivity index (χ2v) is 8.94. The van der Waals surface area contributed by atoms with E-state index in [-0.39, 0.29) is 24.5 Å². The topological polar surface area (TPSA) is 112 Å². The average Bonchev–Trinajstić information content (AvgIpc) is 3.16. The number of nitrogens with one attached hydrogen (secondary N) is 2. The number of aromatic nitrogens is 2. The summed E-state index contributed by atoms with van der Waals surface area (Å²) in [5.41, 5.74) is 2.70. The van der Waals surface area contributed by atoms with Gasteiger partial charge in [0.15, 0.2) is 0 Å². The summed E-state index contributed by atoms with van der Waals surface area (Å²) in [4.78, 5) is 42.9. The van der Waals surface area contributed by atoms with Crippen molar-refractivity contribution in [3.8, 4) is 0 Å². The van der Waals surface area contributed by atoms with Crippen LogP contribution in [0.3, 0.4) is 0 Å². The van der Waals surface area contributed by atoms with Gasteiger partial charge in [0.2, 0.25) is 5.91 Å².